The van der Waals surface area contributed by atoms with E-state index in [1.54, 1.807) is 17.4 Å². The number of non-ortho nitro benzene ring substituents is 1. The van der Waals surface area contributed by atoms with E-state index in [0.29, 0.717) is 17.9 Å². The Hall–Kier alpha value is -2.15. The van der Waals surface area contributed by atoms with Gasteiger partial charge < -0.3 is 11.1 Å². The molecule has 0 aliphatic rings. The normalized spacial score (nSPS) is 10.3. The van der Waals surface area contributed by atoms with Crippen molar-refractivity contribution in [2.75, 3.05) is 11.1 Å². The van der Waals surface area contributed by atoms with Gasteiger partial charge >= 0.3 is 0 Å². The Morgan fingerprint density at radius 3 is 2.89 bits per heavy atom. The molecule has 0 saturated heterocycles. The quantitative estimate of drug-likeness (QED) is 0.502. The molecule has 3 N–H and O–H groups in total. The molecule has 0 amide bonds. The summed E-state index contributed by atoms with van der Waals surface area (Å²) in [4.78, 5) is 14.4. The van der Waals surface area contributed by atoms with Gasteiger partial charge in [-0.1, -0.05) is 0 Å². The summed E-state index contributed by atoms with van der Waals surface area (Å²) in [5.74, 6) is 0. The number of anilines is 2. The molecule has 1 aromatic carbocycles. The van der Waals surface area contributed by atoms with Gasteiger partial charge in [0.2, 0.25) is 0 Å². The molecule has 0 radical (unpaired) electrons. The second-order valence-corrected chi connectivity index (χ2v) is 4.71. The van der Waals surface area contributed by atoms with E-state index in [4.69, 9.17) is 5.73 Å². The van der Waals surface area contributed by atoms with Crippen LogP contribution in [0, 0.1) is 17.0 Å². The van der Waals surface area contributed by atoms with Crippen molar-refractivity contribution in [1.82, 2.24) is 4.98 Å². The fraction of sp³-hybridized carbons (Fsp3) is 0.182. The number of thiazole rings is 1. The van der Waals surface area contributed by atoms with Gasteiger partial charge in [0.15, 0.2) is 0 Å². The van der Waals surface area contributed by atoms with Crippen molar-refractivity contribution >= 4 is 28.4 Å². The number of nitrogen functional groups attached to an aromatic ring is 1. The fourth-order valence-corrected chi connectivity index (χ4v) is 2.19. The van der Waals surface area contributed by atoms with Crippen molar-refractivity contribution in [2.45, 2.75) is 13.5 Å². The number of nitrogens with two attached hydrogens (primary N) is 1. The molecule has 0 saturated carbocycles. The number of hydrogen-bond acceptors (Lipinski definition) is 6. The van der Waals surface area contributed by atoms with Crippen LogP contribution in [0.4, 0.5) is 17.1 Å². The monoisotopic (exact) mass is 264 g/mol. The molecular formula is C11H12N4O2S. The first-order valence-electron chi connectivity index (χ1n) is 5.25. The second-order valence-electron chi connectivity index (χ2n) is 3.76. The smallest absolute Gasteiger partial charge is 0.271 e. The molecular weight excluding hydrogens is 252 g/mol. The number of nitrogens with one attached hydrogen (secondary N) is 1. The predicted octanol–water partition coefficient (Wildman–Crippen LogP) is 2.55. The minimum absolute atomic E-state index is 0.0110. The molecule has 0 fully saturated rings. The highest BCUT2D eigenvalue weighted by Crippen LogP contribution is 2.24. The lowest BCUT2D eigenvalue weighted by molar-refractivity contribution is -0.384. The highest BCUT2D eigenvalue weighted by Gasteiger charge is 2.08. The number of nitro groups is 1. The third kappa shape index (κ3) is 2.75. The number of nitro benzene ring substituents is 1. The van der Waals surface area contributed by atoms with Crippen LogP contribution in [0.1, 0.15) is 10.7 Å². The van der Waals surface area contributed by atoms with Crippen LogP contribution >= 0.6 is 11.3 Å². The maximum Gasteiger partial charge on any atom is 0.271 e. The lowest BCUT2D eigenvalue weighted by atomic mass is 10.2. The maximum absolute atomic E-state index is 10.6. The Morgan fingerprint density at radius 1 is 1.56 bits per heavy atom. The number of hydrogen-bond donors (Lipinski definition) is 2. The largest absolute Gasteiger partial charge is 0.397 e. The molecule has 6 nitrogen and oxygen atoms in total. The van der Waals surface area contributed by atoms with E-state index >= 15 is 0 Å². The topological polar surface area (TPSA) is 94.1 Å². The minimum Gasteiger partial charge on any atom is -0.397 e. The van der Waals surface area contributed by atoms with Crippen LogP contribution < -0.4 is 11.1 Å². The summed E-state index contributed by atoms with van der Waals surface area (Å²) in [6.45, 7) is 2.49. The van der Waals surface area contributed by atoms with Gasteiger partial charge in [0.05, 0.1) is 22.8 Å². The molecule has 0 aliphatic carbocycles. The van der Waals surface area contributed by atoms with Gasteiger partial charge in [0.25, 0.3) is 5.69 Å². The zero-order valence-electron chi connectivity index (χ0n) is 9.71. The van der Waals surface area contributed by atoms with Crippen molar-refractivity contribution in [1.29, 1.82) is 0 Å². The maximum atomic E-state index is 10.6. The summed E-state index contributed by atoms with van der Waals surface area (Å²) in [5.41, 5.74) is 7.75. The van der Waals surface area contributed by atoms with Crippen LogP contribution in [-0.2, 0) is 6.54 Å². The van der Waals surface area contributed by atoms with Gasteiger partial charge in [-0.05, 0) is 13.0 Å². The van der Waals surface area contributed by atoms with E-state index in [0.717, 1.165) is 10.7 Å². The van der Waals surface area contributed by atoms with Crippen molar-refractivity contribution in [3.05, 3.63) is 44.4 Å². The van der Waals surface area contributed by atoms with Gasteiger partial charge in [-0.2, -0.15) is 0 Å². The lowest BCUT2D eigenvalue weighted by Crippen LogP contribution is -2.02. The lowest BCUT2D eigenvalue weighted by Gasteiger charge is -2.07. The Morgan fingerprint density at radius 2 is 2.33 bits per heavy atom. The third-order valence-corrected chi connectivity index (χ3v) is 3.31. The van der Waals surface area contributed by atoms with E-state index in [-0.39, 0.29) is 5.69 Å². The molecule has 2 rings (SSSR count). The molecule has 1 aromatic heterocycles. The molecule has 94 valence electrons. The molecule has 18 heavy (non-hydrogen) atoms. The average Bonchev–Trinajstić information content (AvgIpc) is 2.73. The Balaban J connectivity index is 2.08. The summed E-state index contributed by atoms with van der Waals surface area (Å²) < 4.78 is 0. The Labute approximate surface area is 108 Å². The first-order chi connectivity index (χ1) is 8.56. The molecule has 0 unspecified atom stereocenters. The molecule has 0 aliphatic heterocycles. The fourth-order valence-electron chi connectivity index (χ4n) is 1.48. The average molecular weight is 264 g/mol. The Kier molecular flexibility index (Phi) is 3.42. The number of benzene rings is 1. The van der Waals surface area contributed by atoms with Crippen LogP contribution in [0.15, 0.2) is 23.6 Å². The van der Waals surface area contributed by atoms with Crippen LogP contribution in [-0.4, -0.2) is 9.91 Å². The molecule has 7 heteroatoms. The zero-order chi connectivity index (χ0) is 13.1. The first-order valence-corrected chi connectivity index (χ1v) is 6.13. The number of aryl methyl sites for hydroxylation is 1. The van der Waals surface area contributed by atoms with Gasteiger partial charge in [-0.3, -0.25) is 10.1 Å². The molecule has 0 atom stereocenters. The molecule has 0 bridgehead atoms. The SMILES string of the molecule is Cc1csc(CNc2ccc([N+](=O)[O-])cc2N)n1. The van der Waals surface area contributed by atoms with E-state index in [9.17, 15) is 10.1 Å². The summed E-state index contributed by atoms with van der Waals surface area (Å²) in [7, 11) is 0. The summed E-state index contributed by atoms with van der Waals surface area (Å²) in [5, 5.41) is 16.6. The van der Waals surface area contributed by atoms with E-state index < -0.39 is 4.92 Å². The highest BCUT2D eigenvalue weighted by molar-refractivity contribution is 7.09. The van der Waals surface area contributed by atoms with Crippen molar-refractivity contribution in [2.24, 2.45) is 0 Å². The van der Waals surface area contributed by atoms with Gasteiger partial charge in [0, 0.05) is 23.2 Å². The van der Waals surface area contributed by atoms with Crippen LogP contribution in [0.5, 0.6) is 0 Å². The van der Waals surface area contributed by atoms with Gasteiger partial charge in [-0.25, -0.2) is 4.98 Å². The third-order valence-electron chi connectivity index (χ3n) is 2.34. The summed E-state index contributed by atoms with van der Waals surface area (Å²) in [6, 6.07) is 4.37. The van der Waals surface area contributed by atoms with Crippen LogP contribution in [0.3, 0.4) is 0 Å². The van der Waals surface area contributed by atoms with E-state index in [1.165, 1.54) is 12.1 Å². The van der Waals surface area contributed by atoms with Gasteiger partial charge in [0.1, 0.15) is 5.01 Å². The number of rotatable bonds is 4. The van der Waals surface area contributed by atoms with Crippen molar-refractivity contribution in [3.63, 3.8) is 0 Å². The van der Waals surface area contributed by atoms with Crippen molar-refractivity contribution < 1.29 is 4.92 Å². The highest BCUT2D eigenvalue weighted by atomic mass is 32.1. The standard InChI is InChI=1S/C11H12N4O2S/c1-7-6-18-11(14-7)5-13-10-3-2-8(15(16)17)4-9(10)12/h2-4,6,13H,5,12H2,1H3. The summed E-state index contributed by atoms with van der Waals surface area (Å²) in [6.07, 6.45) is 0. The van der Waals surface area contributed by atoms with E-state index in [1.807, 2.05) is 12.3 Å². The molecule has 0 spiro atoms. The molecule has 2 aromatic rings. The Bertz CT molecular complexity index is 582. The van der Waals surface area contributed by atoms with Crippen LogP contribution in [0.2, 0.25) is 0 Å². The number of aromatic nitrogens is 1. The van der Waals surface area contributed by atoms with E-state index in [2.05, 4.69) is 10.3 Å². The zero-order valence-corrected chi connectivity index (χ0v) is 10.5. The van der Waals surface area contributed by atoms with Crippen LogP contribution in [0.25, 0.3) is 0 Å². The molecule has 1 heterocycles. The second kappa shape index (κ2) is 5.01. The minimum atomic E-state index is -0.468. The predicted molar refractivity (Wildman–Crippen MR) is 71.7 cm³/mol. The van der Waals surface area contributed by atoms with Crippen molar-refractivity contribution in [3.8, 4) is 0 Å². The first kappa shape index (κ1) is 12.3. The summed E-state index contributed by atoms with van der Waals surface area (Å²) >= 11 is 1.56. The number of nitrogens with zero attached hydrogens (tertiary/aromatic N) is 2. The van der Waals surface area contributed by atoms with Gasteiger partial charge in [-0.15, -0.1) is 11.3 Å².